The highest BCUT2D eigenvalue weighted by atomic mass is 16.1. The molecule has 2 aromatic rings. The summed E-state index contributed by atoms with van der Waals surface area (Å²) in [7, 11) is 0. The number of nitrogens with one attached hydrogen (secondary N) is 1. The lowest BCUT2D eigenvalue weighted by Crippen LogP contribution is -2.25. The van der Waals surface area contributed by atoms with Gasteiger partial charge in [-0.15, -0.1) is 0 Å². The number of anilines is 2. The van der Waals surface area contributed by atoms with Crippen LogP contribution in [-0.2, 0) is 6.42 Å². The van der Waals surface area contributed by atoms with Gasteiger partial charge >= 0.3 is 0 Å². The van der Waals surface area contributed by atoms with E-state index in [-0.39, 0.29) is 5.91 Å². The second-order valence-corrected chi connectivity index (χ2v) is 5.89. The molecule has 1 heterocycles. The van der Waals surface area contributed by atoms with Crippen molar-refractivity contribution in [2.75, 3.05) is 23.3 Å². The highest BCUT2D eigenvalue weighted by Gasteiger charge is 2.10. The van der Waals surface area contributed by atoms with Crippen molar-refractivity contribution in [1.82, 2.24) is 4.98 Å². The summed E-state index contributed by atoms with van der Waals surface area (Å²) in [6.45, 7) is 8.46. The lowest BCUT2D eigenvalue weighted by Gasteiger charge is -2.23. The average Bonchev–Trinajstić information content (AvgIpc) is 2.62. The van der Waals surface area contributed by atoms with Gasteiger partial charge < -0.3 is 10.2 Å². The van der Waals surface area contributed by atoms with Gasteiger partial charge in [0.25, 0.3) is 5.91 Å². The average molecular weight is 325 g/mol. The summed E-state index contributed by atoms with van der Waals surface area (Å²) >= 11 is 0. The molecule has 1 aromatic carbocycles. The number of nitrogens with zero attached hydrogens (tertiary/aromatic N) is 2. The van der Waals surface area contributed by atoms with Gasteiger partial charge in [-0.2, -0.15) is 0 Å². The molecule has 0 radical (unpaired) electrons. The third kappa shape index (κ3) is 4.82. The predicted octanol–water partition coefficient (Wildman–Crippen LogP) is 4.52. The van der Waals surface area contributed by atoms with Crippen molar-refractivity contribution in [3.63, 3.8) is 0 Å². The van der Waals surface area contributed by atoms with Crippen LogP contribution in [-0.4, -0.2) is 24.0 Å². The number of rotatable bonds is 8. The standard InChI is InChI=1S/C20H27N3O/c1-4-13-23(14-5-2)18-11-12-19(21-15-18)20(24)22-17-9-7-16(6-3)8-10-17/h7-12,15H,4-6,13-14H2,1-3H3,(H,22,24). The van der Waals surface area contributed by atoms with Gasteiger partial charge in [-0.3, -0.25) is 4.79 Å². The molecule has 128 valence electrons. The zero-order valence-corrected chi connectivity index (χ0v) is 14.9. The summed E-state index contributed by atoms with van der Waals surface area (Å²) in [5, 5.41) is 2.89. The summed E-state index contributed by atoms with van der Waals surface area (Å²) in [5.74, 6) is -0.177. The molecule has 4 heteroatoms. The molecule has 0 aliphatic rings. The lowest BCUT2D eigenvalue weighted by molar-refractivity contribution is 0.102. The van der Waals surface area contributed by atoms with Crippen LogP contribution < -0.4 is 10.2 Å². The fraction of sp³-hybridized carbons (Fsp3) is 0.400. The van der Waals surface area contributed by atoms with Crippen LogP contribution in [0.3, 0.4) is 0 Å². The Bertz CT molecular complexity index is 629. The molecule has 0 unspecified atom stereocenters. The van der Waals surface area contributed by atoms with Crippen LogP contribution in [0.2, 0.25) is 0 Å². The van der Waals surface area contributed by atoms with Crippen molar-refractivity contribution in [1.29, 1.82) is 0 Å². The first-order valence-corrected chi connectivity index (χ1v) is 8.79. The highest BCUT2D eigenvalue weighted by molar-refractivity contribution is 6.02. The van der Waals surface area contributed by atoms with E-state index in [4.69, 9.17) is 0 Å². The number of benzene rings is 1. The van der Waals surface area contributed by atoms with E-state index in [0.717, 1.165) is 43.7 Å². The number of hydrogen-bond donors (Lipinski definition) is 1. The molecule has 0 spiro atoms. The number of aromatic nitrogens is 1. The van der Waals surface area contributed by atoms with Crippen molar-refractivity contribution in [2.45, 2.75) is 40.0 Å². The minimum absolute atomic E-state index is 0.177. The van der Waals surface area contributed by atoms with Crippen LogP contribution >= 0.6 is 0 Å². The Morgan fingerprint density at radius 2 is 1.67 bits per heavy atom. The molecule has 0 saturated heterocycles. The van der Waals surface area contributed by atoms with E-state index < -0.39 is 0 Å². The fourth-order valence-corrected chi connectivity index (χ4v) is 2.64. The number of hydrogen-bond acceptors (Lipinski definition) is 3. The molecular weight excluding hydrogens is 298 g/mol. The predicted molar refractivity (Wildman–Crippen MR) is 101 cm³/mol. The molecule has 2 rings (SSSR count). The zero-order chi connectivity index (χ0) is 17.4. The zero-order valence-electron chi connectivity index (χ0n) is 14.9. The number of carbonyl (C=O) groups excluding carboxylic acids is 1. The van der Waals surface area contributed by atoms with Crippen molar-refractivity contribution in [3.8, 4) is 0 Å². The lowest BCUT2D eigenvalue weighted by atomic mass is 10.1. The quantitative estimate of drug-likeness (QED) is 0.776. The number of pyridine rings is 1. The normalized spacial score (nSPS) is 10.5. The first kappa shape index (κ1) is 18.0. The first-order valence-electron chi connectivity index (χ1n) is 8.79. The molecule has 1 N–H and O–H groups in total. The summed E-state index contributed by atoms with van der Waals surface area (Å²) in [6.07, 6.45) is 4.97. The smallest absolute Gasteiger partial charge is 0.274 e. The van der Waals surface area contributed by atoms with E-state index in [9.17, 15) is 4.79 Å². The Morgan fingerprint density at radius 3 is 2.17 bits per heavy atom. The van der Waals surface area contributed by atoms with E-state index in [1.807, 2.05) is 30.3 Å². The maximum absolute atomic E-state index is 12.3. The second-order valence-electron chi connectivity index (χ2n) is 5.89. The second kappa shape index (κ2) is 9.06. The Labute approximate surface area is 144 Å². The van der Waals surface area contributed by atoms with E-state index in [1.54, 1.807) is 12.3 Å². The van der Waals surface area contributed by atoms with Crippen molar-refractivity contribution >= 4 is 17.3 Å². The molecule has 0 fully saturated rings. The number of aryl methyl sites for hydroxylation is 1. The van der Waals surface area contributed by atoms with Gasteiger partial charge in [0.15, 0.2) is 0 Å². The van der Waals surface area contributed by atoms with Crippen molar-refractivity contribution in [2.24, 2.45) is 0 Å². The minimum Gasteiger partial charge on any atom is -0.370 e. The molecule has 1 aromatic heterocycles. The van der Waals surface area contributed by atoms with E-state index >= 15 is 0 Å². The maximum atomic E-state index is 12.3. The summed E-state index contributed by atoms with van der Waals surface area (Å²) in [5.41, 5.74) is 3.55. The SMILES string of the molecule is CCCN(CCC)c1ccc(C(=O)Nc2ccc(CC)cc2)nc1. The van der Waals surface area contributed by atoms with E-state index in [0.29, 0.717) is 5.69 Å². The fourth-order valence-electron chi connectivity index (χ4n) is 2.64. The molecule has 0 aliphatic carbocycles. The highest BCUT2D eigenvalue weighted by Crippen LogP contribution is 2.16. The molecule has 1 amide bonds. The van der Waals surface area contributed by atoms with Crippen LogP contribution in [0.25, 0.3) is 0 Å². The Morgan fingerprint density at radius 1 is 1.00 bits per heavy atom. The van der Waals surface area contributed by atoms with Gasteiger partial charge in [-0.05, 0) is 49.1 Å². The summed E-state index contributed by atoms with van der Waals surface area (Å²) < 4.78 is 0. The molecule has 0 atom stereocenters. The molecule has 0 saturated carbocycles. The number of carbonyl (C=O) groups is 1. The van der Waals surface area contributed by atoms with Gasteiger partial charge in [0.1, 0.15) is 5.69 Å². The summed E-state index contributed by atoms with van der Waals surface area (Å²) in [6, 6.07) is 11.7. The van der Waals surface area contributed by atoms with Gasteiger partial charge in [-0.25, -0.2) is 4.98 Å². The van der Waals surface area contributed by atoms with E-state index in [2.05, 4.69) is 36.0 Å². The number of amides is 1. The largest absolute Gasteiger partial charge is 0.370 e. The summed E-state index contributed by atoms with van der Waals surface area (Å²) in [4.78, 5) is 19.0. The van der Waals surface area contributed by atoms with Crippen molar-refractivity contribution in [3.05, 3.63) is 53.9 Å². The van der Waals surface area contributed by atoms with Crippen LogP contribution in [0.5, 0.6) is 0 Å². The van der Waals surface area contributed by atoms with E-state index in [1.165, 1.54) is 5.56 Å². The van der Waals surface area contributed by atoms with Crippen LogP contribution in [0.15, 0.2) is 42.6 Å². The van der Waals surface area contributed by atoms with Crippen LogP contribution in [0, 0.1) is 0 Å². The first-order chi connectivity index (χ1) is 11.7. The third-order valence-corrected chi connectivity index (χ3v) is 3.95. The van der Waals surface area contributed by atoms with Crippen molar-refractivity contribution < 1.29 is 4.79 Å². The Kier molecular flexibility index (Phi) is 6.79. The minimum atomic E-state index is -0.177. The molecule has 0 aliphatic heterocycles. The monoisotopic (exact) mass is 325 g/mol. The van der Waals surface area contributed by atoms with Gasteiger partial charge in [-0.1, -0.05) is 32.9 Å². The van der Waals surface area contributed by atoms with Gasteiger partial charge in [0.05, 0.1) is 11.9 Å². The maximum Gasteiger partial charge on any atom is 0.274 e. The van der Waals surface area contributed by atoms with Crippen LogP contribution in [0.1, 0.15) is 49.7 Å². The molecule has 0 bridgehead atoms. The molecular formula is C20H27N3O. The molecule has 4 nitrogen and oxygen atoms in total. The Balaban J connectivity index is 2.04. The molecule has 24 heavy (non-hydrogen) atoms. The third-order valence-electron chi connectivity index (χ3n) is 3.95. The van der Waals surface area contributed by atoms with Crippen LogP contribution in [0.4, 0.5) is 11.4 Å². The topological polar surface area (TPSA) is 45.2 Å². The Hall–Kier alpha value is -2.36. The van der Waals surface area contributed by atoms with Gasteiger partial charge in [0.2, 0.25) is 0 Å². The van der Waals surface area contributed by atoms with Gasteiger partial charge in [0, 0.05) is 18.8 Å².